The molecule has 2 unspecified atom stereocenters. The average molecular weight is 498 g/mol. The Kier molecular flexibility index (Phi) is 7.28. The minimum atomic E-state index is -0.461. The van der Waals surface area contributed by atoms with Crippen LogP contribution in [0.4, 0.5) is 0 Å². The number of rotatable bonds is 8. The molecule has 0 spiro atoms. The normalized spacial score (nSPS) is 19.3. The summed E-state index contributed by atoms with van der Waals surface area (Å²) in [5.74, 6) is 2.06. The first-order chi connectivity index (χ1) is 17.4. The molecule has 36 heavy (non-hydrogen) atoms. The van der Waals surface area contributed by atoms with Gasteiger partial charge in [0.2, 0.25) is 17.4 Å². The van der Waals surface area contributed by atoms with Crippen molar-refractivity contribution in [1.82, 2.24) is 5.32 Å². The summed E-state index contributed by atoms with van der Waals surface area (Å²) in [6.45, 7) is 0. The van der Waals surface area contributed by atoms with Crippen molar-refractivity contribution in [2.75, 3.05) is 42.7 Å². The van der Waals surface area contributed by atoms with E-state index in [1.54, 1.807) is 34.5 Å². The molecule has 0 saturated heterocycles. The summed E-state index contributed by atoms with van der Waals surface area (Å²) < 4.78 is 33.0. The van der Waals surface area contributed by atoms with E-state index in [9.17, 15) is 9.59 Å². The zero-order valence-corrected chi connectivity index (χ0v) is 21.4. The molecule has 192 valence electrons. The van der Waals surface area contributed by atoms with Crippen LogP contribution in [0.25, 0.3) is 0 Å². The van der Waals surface area contributed by atoms with Crippen molar-refractivity contribution in [1.29, 1.82) is 0 Å². The first-order valence-electron chi connectivity index (χ1n) is 11.5. The zero-order chi connectivity index (χ0) is 26.0. The van der Waals surface area contributed by atoms with E-state index in [0.29, 0.717) is 57.8 Å². The molecule has 9 nitrogen and oxygen atoms in total. The lowest BCUT2D eigenvalue weighted by Gasteiger charge is -2.35. The molecule has 1 aliphatic carbocycles. The fourth-order valence-electron chi connectivity index (χ4n) is 5.20. The van der Waals surface area contributed by atoms with Gasteiger partial charge in [-0.1, -0.05) is 6.07 Å². The highest BCUT2D eigenvalue weighted by Gasteiger charge is 2.40. The molecule has 0 saturated carbocycles. The van der Waals surface area contributed by atoms with Crippen LogP contribution in [0.2, 0.25) is 0 Å². The Balaban J connectivity index is 1.78. The molecule has 1 aliphatic heterocycles. The molecule has 2 atom stereocenters. The fraction of sp³-hybridized carbons (Fsp3) is 0.407. The molecule has 1 N–H and O–H groups in total. The second-order valence-corrected chi connectivity index (χ2v) is 8.61. The van der Waals surface area contributed by atoms with E-state index in [4.69, 9.17) is 28.4 Å². The van der Waals surface area contributed by atoms with E-state index in [0.717, 1.165) is 5.56 Å². The van der Waals surface area contributed by atoms with Gasteiger partial charge in [0.15, 0.2) is 28.8 Å². The molecular weight excluding hydrogens is 466 g/mol. The number of methoxy groups -OCH3 is 6. The largest absolute Gasteiger partial charge is 0.493 e. The first-order valence-corrected chi connectivity index (χ1v) is 11.5. The average Bonchev–Trinajstić information content (AvgIpc) is 2.90. The van der Waals surface area contributed by atoms with Crippen molar-refractivity contribution >= 4 is 11.7 Å². The zero-order valence-electron chi connectivity index (χ0n) is 21.4. The van der Waals surface area contributed by atoms with Crippen LogP contribution in [0.15, 0.2) is 35.5 Å². The van der Waals surface area contributed by atoms with Gasteiger partial charge in [-0.3, -0.25) is 9.59 Å². The Labute approximate surface area is 210 Å². The van der Waals surface area contributed by atoms with Gasteiger partial charge in [0.1, 0.15) is 0 Å². The van der Waals surface area contributed by atoms with Crippen LogP contribution in [-0.2, 0) is 9.59 Å². The molecule has 2 aromatic carbocycles. The van der Waals surface area contributed by atoms with Crippen molar-refractivity contribution in [3.05, 3.63) is 46.7 Å². The molecule has 0 bridgehead atoms. The number of Topliss-reactive ketones (excluding diaryl/α,β-unsaturated/α-hetero) is 1. The van der Waals surface area contributed by atoms with E-state index >= 15 is 0 Å². The predicted molar refractivity (Wildman–Crippen MR) is 132 cm³/mol. The summed E-state index contributed by atoms with van der Waals surface area (Å²) in [4.78, 5) is 26.4. The number of benzene rings is 2. The van der Waals surface area contributed by atoms with Crippen LogP contribution in [-0.4, -0.2) is 54.3 Å². The topological polar surface area (TPSA) is 102 Å². The lowest BCUT2D eigenvalue weighted by Crippen LogP contribution is -2.38. The SMILES string of the molecule is COc1cc(C2CC(=O)C3=C(C2)NC(=O)CC3c2ccc(OC)c(OC)c2OC)cc(OC)c1OC. The second-order valence-electron chi connectivity index (χ2n) is 8.61. The quantitative estimate of drug-likeness (QED) is 0.589. The minimum absolute atomic E-state index is 0.0307. The van der Waals surface area contributed by atoms with Crippen molar-refractivity contribution in [3.8, 4) is 34.5 Å². The summed E-state index contributed by atoms with van der Waals surface area (Å²) in [5.41, 5.74) is 2.80. The van der Waals surface area contributed by atoms with E-state index in [2.05, 4.69) is 5.32 Å². The smallest absolute Gasteiger partial charge is 0.225 e. The van der Waals surface area contributed by atoms with Gasteiger partial charge in [-0.25, -0.2) is 0 Å². The number of ether oxygens (including phenoxy) is 6. The van der Waals surface area contributed by atoms with Crippen molar-refractivity contribution < 1.29 is 38.0 Å². The number of carbonyl (C=O) groups excluding carboxylic acids is 2. The van der Waals surface area contributed by atoms with Gasteiger partial charge in [0, 0.05) is 35.6 Å². The predicted octanol–water partition coefficient (Wildman–Crippen LogP) is 3.74. The maximum Gasteiger partial charge on any atom is 0.225 e. The van der Waals surface area contributed by atoms with E-state index in [1.807, 2.05) is 18.2 Å². The van der Waals surface area contributed by atoms with Gasteiger partial charge >= 0.3 is 0 Å². The second kappa shape index (κ2) is 10.4. The monoisotopic (exact) mass is 497 g/mol. The molecule has 2 aliphatic rings. The van der Waals surface area contributed by atoms with Crippen LogP contribution in [0.3, 0.4) is 0 Å². The van der Waals surface area contributed by atoms with Crippen molar-refractivity contribution in [2.24, 2.45) is 0 Å². The van der Waals surface area contributed by atoms with Gasteiger partial charge < -0.3 is 33.7 Å². The van der Waals surface area contributed by atoms with Crippen LogP contribution in [0, 0.1) is 0 Å². The third kappa shape index (κ3) is 4.29. The fourth-order valence-corrected chi connectivity index (χ4v) is 5.20. The summed E-state index contributed by atoms with van der Waals surface area (Å²) in [5, 5.41) is 2.95. The molecule has 0 fully saturated rings. The highest BCUT2D eigenvalue weighted by molar-refractivity contribution is 6.02. The van der Waals surface area contributed by atoms with Gasteiger partial charge in [-0.05, 0) is 36.1 Å². The molecule has 2 aromatic rings. The molecular formula is C27H31NO8. The van der Waals surface area contributed by atoms with Gasteiger partial charge in [0.05, 0.1) is 42.7 Å². The molecule has 0 radical (unpaired) electrons. The third-order valence-electron chi connectivity index (χ3n) is 6.80. The van der Waals surface area contributed by atoms with Crippen molar-refractivity contribution in [3.63, 3.8) is 0 Å². The maximum atomic E-state index is 13.6. The van der Waals surface area contributed by atoms with E-state index in [-0.39, 0.29) is 30.4 Å². The third-order valence-corrected chi connectivity index (χ3v) is 6.80. The standard InChI is InChI=1S/C27H31NO8/c1-31-20-8-7-16(25(34-4)27(20)36-6)17-13-23(30)28-18-9-14(10-19(29)24(17)18)15-11-21(32-2)26(35-5)22(12-15)33-3/h7-8,11-12,14,17H,9-10,13H2,1-6H3,(H,28,30). The number of hydrogen-bond donors (Lipinski definition) is 1. The van der Waals surface area contributed by atoms with Gasteiger partial charge in [0.25, 0.3) is 0 Å². The Hall–Kier alpha value is -3.88. The Bertz CT molecular complexity index is 1190. The van der Waals surface area contributed by atoms with Gasteiger partial charge in [-0.15, -0.1) is 0 Å². The summed E-state index contributed by atoms with van der Waals surface area (Å²) in [6.07, 6.45) is 0.891. The van der Waals surface area contributed by atoms with E-state index in [1.165, 1.54) is 14.2 Å². The van der Waals surface area contributed by atoms with Crippen LogP contribution in [0.1, 0.15) is 42.2 Å². The number of ketones is 1. The lowest BCUT2D eigenvalue weighted by molar-refractivity contribution is -0.122. The number of amides is 1. The summed E-state index contributed by atoms with van der Waals surface area (Å²) >= 11 is 0. The maximum absolute atomic E-state index is 13.6. The highest BCUT2D eigenvalue weighted by Crippen LogP contribution is 2.50. The van der Waals surface area contributed by atoms with Crippen LogP contribution in [0.5, 0.6) is 34.5 Å². The van der Waals surface area contributed by atoms with E-state index < -0.39 is 5.92 Å². The van der Waals surface area contributed by atoms with Crippen molar-refractivity contribution in [2.45, 2.75) is 31.1 Å². The number of allylic oxidation sites excluding steroid dienone is 2. The Morgan fingerprint density at radius 2 is 1.31 bits per heavy atom. The number of nitrogens with one attached hydrogen (secondary N) is 1. The number of hydrogen-bond acceptors (Lipinski definition) is 8. The first kappa shape index (κ1) is 25.2. The summed E-state index contributed by atoms with van der Waals surface area (Å²) in [7, 11) is 9.24. The molecule has 0 aromatic heterocycles. The molecule has 1 amide bonds. The Morgan fingerprint density at radius 3 is 1.86 bits per heavy atom. The summed E-state index contributed by atoms with van der Waals surface area (Å²) in [6, 6.07) is 7.29. The highest BCUT2D eigenvalue weighted by atomic mass is 16.5. The number of carbonyl (C=O) groups is 2. The van der Waals surface area contributed by atoms with Gasteiger partial charge in [-0.2, -0.15) is 0 Å². The Morgan fingerprint density at radius 1 is 0.694 bits per heavy atom. The minimum Gasteiger partial charge on any atom is -0.493 e. The van der Waals surface area contributed by atoms with Crippen LogP contribution < -0.4 is 33.7 Å². The molecule has 9 heteroatoms. The van der Waals surface area contributed by atoms with Crippen LogP contribution >= 0.6 is 0 Å². The molecule has 4 rings (SSSR count). The molecule has 1 heterocycles. The lowest BCUT2D eigenvalue weighted by atomic mass is 9.73.